The van der Waals surface area contributed by atoms with Gasteiger partial charge in [-0.1, -0.05) is 0 Å². The molecule has 0 aromatic heterocycles. The van der Waals surface area contributed by atoms with Gasteiger partial charge < -0.3 is 14.2 Å². The van der Waals surface area contributed by atoms with Crippen molar-refractivity contribution >= 4 is 32.9 Å². The average molecular weight is 394 g/mol. The van der Waals surface area contributed by atoms with Crippen molar-refractivity contribution in [3.63, 3.8) is 0 Å². The summed E-state index contributed by atoms with van der Waals surface area (Å²) < 4.78 is 16.2. The van der Waals surface area contributed by atoms with E-state index in [-0.39, 0.29) is 17.1 Å². The van der Waals surface area contributed by atoms with Crippen LogP contribution >= 0.6 is 0 Å². The molecule has 30 heavy (non-hydrogen) atoms. The molecule has 0 aliphatic heterocycles. The molecule has 0 radical (unpaired) electrons. The number of benzene rings is 3. The van der Waals surface area contributed by atoms with E-state index >= 15 is 0 Å². The van der Waals surface area contributed by atoms with Crippen LogP contribution in [0.1, 0.15) is 0 Å². The molecule has 0 aliphatic rings. The Kier molecular flexibility index (Phi) is 5.41. The van der Waals surface area contributed by atoms with E-state index in [9.17, 15) is 10.5 Å². The summed E-state index contributed by atoms with van der Waals surface area (Å²) in [4.78, 5) is 6.67. The lowest BCUT2D eigenvalue weighted by Crippen LogP contribution is -2.18. The molecule has 0 unspecified atom stereocenters. The minimum atomic E-state index is -0.149. The highest BCUT2D eigenvalue weighted by atomic mass is 16.5. The second kappa shape index (κ2) is 8.11. The van der Waals surface area contributed by atoms with Crippen LogP contribution in [-0.2, 0) is 0 Å². The van der Waals surface area contributed by atoms with Crippen LogP contribution in [0.4, 0.5) is 0 Å². The average Bonchev–Trinajstić information content (AvgIpc) is 2.79. The molecule has 3 aromatic rings. The fourth-order valence-corrected chi connectivity index (χ4v) is 3.35. The zero-order chi connectivity index (χ0) is 21.8. The Balaban J connectivity index is 2.76. The lowest BCUT2D eigenvalue weighted by molar-refractivity contribution is 0.356. The molecule has 0 fully saturated rings. The number of rotatable bonds is 3. The Morgan fingerprint density at radius 2 is 1.23 bits per heavy atom. The Morgan fingerprint density at radius 3 is 1.67 bits per heavy atom. The molecule has 0 aliphatic carbocycles. The van der Waals surface area contributed by atoms with Gasteiger partial charge in [0.2, 0.25) is 0 Å². The molecule has 0 heterocycles. The highest BCUT2D eigenvalue weighted by Crippen LogP contribution is 2.33. The van der Waals surface area contributed by atoms with E-state index in [4.69, 9.17) is 27.4 Å². The van der Waals surface area contributed by atoms with Gasteiger partial charge in [0, 0.05) is 10.4 Å². The lowest BCUT2D eigenvalue weighted by atomic mass is 9.98. The fourth-order valence-electron chi connectivity index (χ4n) is 3.35. The summed E-state index contributed by atoms with van der Waals surface area (Å²) in [5, 5.41) is 22.2. The summed E-state index contributed by atoms with van der Waals surface area (Å²) in [6.45, 7) is 14.8. The molecule has 144 valence electrons. The molecule has 3 rings (SSSR count). The maximum Gasteiger partial charge on any atom is 0.273 e. The number of nitriles is 2. The molecular formula is C23H14N4O3. The van der Waals surface area contributed by atoms with Crippen LogP contribution in [0.5, 0.6) is 17.2 Å². The summed E-state index contributed by atoms with van der Waals surface area (Å²) in [5.41, 5.74) is -0.268. The van der Waals surface area contributed by atoms with Gasteiger partial charge in [0.25, 0.3) is 11.4 Å². The first-order chi connectivity index (χ1) is 14.6. The first-order valence-corrected chi connectivity index (χ1v) is 8.57. The van der Waals surface area contributed by atoms with Crippen molar-refractivity contribution in [2.45, 2.75) is 0 Å². The third kappa shape index (κ3) is 3.08. The Labute approximate surface area is 172 Å². The number of methoxy groups -OCH3 is 3. The topological polar surface area (TPSA) is 84.0 Å². The lowest BCUT2D eigenvalue weighted by Gasteiger charge is -2.12. The standard InChI is InChI=1S/C23H14N4O3/c1-26-18(11-24)16-10-22(30-5)23(19(12-25)27-2)17-7-14-9-21(29-4)20(28-3)8-13(14)6-15(16)17/h6-10H,3-5H3/b18-16-,23-19+. The Morgan fingerprint density at radius 1 is 0.733 bits per heavy atom. The molecule has 0 saturated carbocycles. The molecule has 7 heteroatoms. The second-order valence-electron chi connectivity index (χ2n) is 6.10. The number of hydrogen-bond donors (Lipinski definition) is 0. The van der Waals surface area contributed by atoms with E-state index in [1.165, 1.54) is 27.4 Å². The van der Waals surface area contributed by atoms with Gasteiger partial charge in [0.05, 0.1) is 46.6 Å². The highest BCUT2D eigenvalue weighted by Gasteiger charge is 2.14. The largest absolute Gasteiger partial charge is 0.497 e. The highest BCUT2D eigenvalue weighted by molar-refractivity contribution is 6.02. The predicted octanol–water partition coefficient (Wildman–Crippen LogP) is 3.12. The quantitative estimate of drug-likeness (QED) is 0.503. The second-order valence-corrected chi connectivity index (χ2v) is 6.10. The third-order valence-electron chi connectivity index (χ3n) is 4.71. The summed E-state index contributed by atoms with van der Waals surface area (Å²) in [6.07, 6.45) is 0. The van der Waals surface area contributed by atoms with Crippen molar-refractivity contribution in [3.05, 3.63) is 63.6 Å². The van der Waals surface area contributed by atoms with E-state index in [1.807, 2.05) is 12.1 Å². The monoisotopic (exact) mass is 394 g/mol. The van der Waals surface area contributed by atoms with E-state index in [0.717, 1.165) is 10.8 Å². The van der Waals surface area contributed by atoms with Crippen LogP contribution in [0.3, 0.4) is 0 Å². The maximum atomic E-state index is 9.49. The molecular weight excluding hydrogens is 380 g/mol. The van der Waals surface area contributed by atoms with Crippen LogP contribution in [0.2, 0.25) is 0 Å². The van der Waals surface area contributed by atoms with Crippen LogP contribution in [-0.4, -0.2) is 21.3 Å². The third-order valence-corrected chi connectivity index (χ3v) is 4.71. The zero-order valence-corrected chi connectivity index (χ0v) is 16.4. The summed E-state index contributed by atoms with van der Waals surface area (Å²) >= 11 is 0. The normalized spacial score (nSPS) is 12.1. The van der Waals surface area contributed by atoms with E-state index in [2.05, 4.69) is 9.69 Å². The Bertz CT molecular complexity index is 1460. The van der Waals surface area contributed by atoms with Crippen molar-refractivity contribution in [2.24, 2.45) is 0 Å². The molecule has 3 aromatic carbocycles. The summed E-state index contributed by atoms with van der Waals surface area (Å²) in [7, 11) is 4.47. The van der Waals surface area contributed by atoms with Crippen LogP contribution in [0.25, 0.3) is 42.6 Å². The Hall–Kier alpha value is -4.72. The minimum absolute atomic E-state index is 0.119. The predicted molar refractivity (Wildman–Crippen MR) is 112 cm³/mol. The smallest absolute Gasteiger partial charge is 0.273 e. The van der Waals surface area contributed by atoms with E-state index < -0.39 is 0 Å². The van der Waals surface area contributed by atoms with Gasteiger partial charge in [0.15, 0.2) is 11.5 Å². The van der Waals surface area contributed by atoms with Crippen molar-refractivity contribution in [2.75, 3.05) is 21.3 Å². The minimum Gasteiger partial charge on any atom is -0.497 e. The molecule has 7 nitrogen and oxygen atoms in total. The zero-order valence-electron chi connectivity index (χ0n) is 16.4. The first kappa shape index (κ1) is 20.0. The molecule has 0 bridgehead atoms. The first-order valence-electron chi connectivity index (χ1n) is 8.57. The van der Waals surface area contributed by atoms with Crippen molar-refractivity contribution in [1.82, 2.24) is 0 Å². The van der Waals surface area contributed by atoms with Crippen LogP contribution in [0.15, 0.2) is 30.3 Å². The van der Waals surface area contributed by atoms with Gasteiger partial charge in [-0.2, -0.15) is 0 Å². The fraction of sp³-hybridized carbons (Fsp3) is 0.130. The van der Waals surface area contributed by atoms with Crippen molar-refractivity contribution in [3.8, 4) is 29.4 Å². The van der Waals surface area contributed by atoms with Gasteiger partial charge in [-0.05, 0) is 51.9 Å². The summed E-state index contributed by atoms with van der Waals surface area (Å²) in [6, 6.07) is 12.5. The number of ether oxygens (including phenoxy) is 3. The van der Waals surface area contributed by atoms with Gasteiger partial charge >= 0.3 is 0 Å². The van der Waals surface area contributed by atoms with Crippen molar-refractivity contribution < 1.29 is 14.2 Å². The SMILES string of the molecule is [C-]#[N+]/C(C#N)=c1/cc(OC)/c(=C(\C#N)[N+]#[C-])c2cc3cc(OC)c(OC)cc3cc12. The summed E-state index contributed by atoms with van der Waals surface area (Å²) in [5.74, 6) is 1.29. The molecule has 0 N–H and O–H groups in total. The number of nitrogens with zero attached hydrogens (tertiary/aromatic N) is 4. The maximum absolute atomic E-state index is 9.49. The number of fused-ring (bicyclic) bond motifs is 2. The van der Waals surface area contributed by atoms with E-state index in [0.29, 0.717) is 32.7 Å². The van der Waals surface area contributed by atoms with Gasteiger partial charge in [-0.15, -0.1) is 0 Å². The van der Waals surface area contributed by atoms with Crippen LogP contribution in [0, 0.1) is 35.8 Å². The van der Waals surface area contributed by atoms with Gasteiger partial charge in [0.1, 0.15) is 5.75 Å². The van der Waals surface area contributed by atoms with Crippen molar-refractivity contribution in [1.29, 1.82) is 10.5 Å². The van der Waals surface area contributed by atoms with E-state index in [1.54, 1.807) is 24.3 Å². The molecule has 0 saturated heterocycles. The van der Waals surface area contributed by atoms with Crippen LogP contribution < -0.4 is 24.6 Å². The molecule has 0 atom stereocenters. The molecule has 0 amide bonds. The number of hydrogen-bond acceptors (Lipinski definition) is 5. The van der Waals surface area contributed by atoms with Gasteiger partial charge in [-0.25, -0.2) is 20.2 Å². The molecule has 0 spiro atoms. The van der Waals surface area contributed by atoms with Gasteiger partial charge in [-0.3, -0.25) is 0 Å².